The highest BCUT2D eigenvalue weighted by molar-refractivity contribution is 5.85. The lowest BCUT2D eigenvalue weighted by Gasteiger charge is -2.01. The van der Waals surface area contributed by atoms with Crippen molar-refractivity contribution in [2.75, 3.05) is 0 Å². The number of rotatable bonds is 3. The van der Waals surface area contributed by atoms with Gasteiger partial charge >= 0.3 is 5.97 Å². The van der Waals surface area contributed by atoms with Crippen LogP contribution in [-0.4, -0.2) is 16.9 Å². The first-order valence-corrected chi connectivity index (χ1v) is 3.61. The molecular weight excluding hydrogens is 174 g/mol. The maximum absolute atomic E-state index is 10.8. The number of hydrogen-bond donors (Lipinski definition) is 2. The Kier molecular flexibility index (Phi) is 2.48. The molecule has 0 aliphatic carbocycles. The van der Waals surface area contributed by atoms with Gasteiger partial charge in [0, 0.05) is 0 Å². The summed E-state index contributed by atoms with van der Waals surface area (Å²) in [6, 6.07) is 1.77. The fourth-order valence-electron chi connectivity index (χ4n) is 0.835. The molecule has 1 rings (SSSR count). The van der Waals surface area contributed by atoms with E-state index < -0.39 is 12.0 Å². The summed E-state index contributed by atoms with van der Waals surface area (Å²) in [6.45, 7) is 1.31. The quantitative estimate of drug-likeness (QED) is 0.714. The van der Waals surface area contributed by atoms with E-state index in [2.05, 4.69) is 0 Å². The predicted molar refractivity (Wildman–Crippen MR) is 43.3 cm³/mol. The van der Waals surface area contributed by atoms with E-state index in [-0.39, 0.29) is 17.3 Å². The minimum atomic E-state index is -1.18. The molecule has 1 atom stereocenters. The number of carboxylic acids is 1. The summed E-state index contributed by atoms with van der Waals surface area (Å²) in [4.78, 5) is 21.2. The van der Waals surface area contributed by atoms with Crippen molar-refractivity contribution < 1.29 is 19.1 Å². The van der Waals surface area contributed by atoms with Crippen molar-refractivity contribution in [3.05, 3.63) is 23.7 Å². The average Bonchev–Trinajstić information content (AvgIpc) is 2.50. The van der Waals surface area contributed by atoms with Crippen LogP contribution in [0.5, 0.6) is 0 Å². The first-order valence-electron chi connectivity index (χ1n) is 3.61. The average molecular weight is 183 g/mol. The Morgan fingerprint density at radius 3 is 2.54 bits per heavy atom. The summed E-state index contributed by atoms with van der Waals surface area (Å²) < 4.78 is 4.82. The zero-order chi connectivity index (χ0) is 10.0. The zero-order valence-corrected chi connectivity index (χ0v) is 6.98. The molecule has 0 amide bonds. The molecule has 1 heterocycles. The second-order valence-corrected chi connectivity index (χ2v) is 2.60. The molecule has 0 bridgehead atoms. The fraction of sp³-hybridized carbons (Fsp3) is 0.250. The number of hydrogen-bond acceptors (Lipinski definition) is 4. The fourth-order valence-corrected chi connectivity index (χ4v) is 0.835. The van der Waals surface area contributed by atoms with Crippen molar-refractivity contribution in [1.29, 1.82) is 0 Å². The summed E-state index contributed by atoms with van der Waals surface area (Å²) >= 11 is 0. The van der Waals surface area contributed by atoms with Gasteiger partial charge in [-0.2, -0.15) is 0 Å². The van der Waals surface area contributed by atoms with Crippen LogP contribution in [0.15, 0.2) is 16.5 Å². The van der Waals surface area contributed by atoms with E-state index in [0.29, 0.717) is 0 Å². The van der Waals surface area contributed by atoms with Crippen LogP contribution < -0.4 is 5.73 Å². The Bertz CT molecular complexity index is 342. The number of furan rings is 1. The molecule has 1 aromatic rings. The second-order valence-electron chi connectivity index (χ2n) is 2.60. The Labute approximate surface area is 74.1 Å². The van der Waals surface area contributed by atoms with Crippen LogP contribution in [0, 0.1) is 0 Å². The molecule has 13 heavy (non-hydrogen) atoms. The van der Waals surface area contributed by atoms with Crippen molar-refractivity contribution in [3.63, 3.8) is 0 Å². The van der Waals surface area contributed by atoms with Gasteiger partial charge in [0.15, 0.2) is 5.78 Å². The molecule has 0 aliphatic heterocycles. The highest BCUT2D eigenvalue weighted by atomic mass is 16.4. The molecule has 0 radical (unpaired) electrons. The van der Waals surface area contributed by atoms with Crippen LogP contribution in [0.1, 0.15) is 29.3 Å². The molecule has 0 aliphatic rings. The van der Waals surface area contributed by atoms with Crippen molar-refractivity contribution in [1.82, 2.24) is 0 Å². The summed E-state index contributed by atoms with van der Waals surface area (Å²) in [5.74, 6) is -1.50. The number of aromatic carboxylic acids is 1. The standard InChI is InChI=1S/C8H9NO4/c1-4(10)7(9)5-2-3-6(13-5)8(11)12/h2-3,7H,9H2,1H3,(H,11,12). The smallest absolute Gasteiger partial charge is 0.371 e. The third-order valence-electron chi connectivity index (χ3n) is 1.58. The van der Waals surface area contributed by atoms with E-state index in [1.807, 2.05) is 0 Å². The molecule has 0 spiro atoms. The summed E-state index contributed by atoms with van der Waals surface area (Å²) in [6.07, 6.45) is 0. The third-order valence-corrected chi connectivity index (χ3v) is 1.58. The van der Waals surface area contributed by atoms with Crippen LogP contribution in [0.3, 0.4) is 0 Å². The SMILES string of the molecule is CC(=O)C(N)c1ccc(C(=O)O)o1. The van der Waals surface area contributed by atoms with Crippen LogP contribution in [0.2, 0.25) is 0 Å². The van der Waals surface area contributed by atoms with Crippen molar-refractivity contribution >= 4 is 11.8 Å². The maximum atomic E-state index is 10.8. The lowest BCUT2D eigenvalue weighted by atomic mass is 10.2. The number of carboxylic acid groups (broad SMARTS) is 1. The van der Waals surface area contributed by atoms with Gasteiger partial charge in [-0.15, -0.1) is 0 Å². The van der Waals surface area contributed by atoms with Gasteiger partial charge in [-0.1, -0.05) is 0 Å². The van der Waals surface area contributed by atoms with Gasteiger partial charge in [0.25, 0.3) is 0 Å². The van der Waals surface area contributed by atoms with E-state index in [0.717, 1.165) is 0 Å². The number of ketones is 1. The molecule has 0 fully saturated rings. The Morgan fingerprint density at radius 2 is 2.15 bits per heavy atom. The van der Waals surface area contributed by atoms with Gasteiger partial charge in [0.1, 0.15) is 11.8 Å². The number of nitrogens with two attached hydrogens (primary N) is 1. The van der Waals surface area contributed by atoms with E-state index >= 15 is 0 Å². The Morgan fingerprint density at radius 1 is 1.54 bits per heavy atom. The zero-order valence-electron chi connectivity index (χ0n) is 6.98. The summed E-state index contributed by atoms with van der Waals surface area (Å²) in [5, 5.41) is 8.50. The van der Waals surface area contributed by atoms with Gasteiger partial charge in [0.05, 0.1) is 0 Å². The summed E-state index contributed by atoms with van der Waals surface area (Å²) in [7, 11) is 0. The predicted octanol–water partition coefficient (Wildman–Crippen LogP) is 0.567. The minimum Gasteiger partial charge on any atom is -0.475 e. The normalized spacial score (nSPS) is 12.5. The molecule has 1 aromatic heterocycles. The topological polar surface area (TPSA) is 93.5 Å². The first-order chi connectivity index (χ1) is 6.02. The van der Waals surface area contributed by atoms with E-state index in [1.165, 1.54) is 19.1 Å². The minimum absolute atomic E-state index is 0.171. The lowest BCUT2D eigenvalue weighted by molar-refractivity contribution is -0.118. The number of Topliss-reactive ketones (excluding diaryl/α,β-unsaturated/α-hetero) is 1. The van der Waals surface area contributed by atoms with E-state index in [4.69, 9.17) is 15.3 Å². The molecule has 1 unspecified atom stereocenters. The maximum Gasteiger partial charge on any atom is 0.371 e. The van der Waals surface area contributed by atoms with Gasteiger partial charge < -0.3 is 15.3 Å². The highest BCUT2D eigenvalue weighted by Gasteiger charge is 2.17. The first kappa shape index (κ1) is 9.47. The van der Waals surface area contributed by atoms with Crippen LogP contribution >= 0.6 is 0 Å². The third kappa shape index (κ3) is 1.94. The molecule has 5 nitrogen and oxygen atoms in total. The molecular formula is C8H9NO4. The Hall–Kier alpha value is -1.62. The molecule has 0 aromatic carbocycles. The van der Waals surface area contributed by atoms with Gasteiger partial charge in [0.2, 0.25) is 5.76 Å². The molecule has 70 valence electrons. The van der Waals surface area contributed by atoms with Crippen LogP contribution in [0.4, 0.5) is 0 Å². The van der Waals surface area contributed by atoms with Gasteiger partial charge in [-0.05, 0) is 19.1 Å². The van der Waals surface area contributed by atoms with Crippen molar-refractivity contribution in [3.8, 4) is 0 Å². The van der Waals surface area contributed by atoms with Crippen LogP contribution in [0.25, 0.3) is 0 Å². The van der Waals surface area contributed by atoms with E-state index in [1.54, 1.807) is 0 Å². The molecule has 0 saturated heterocycles. The second kappa shape index (κ2) is 3.40. The molecule has 3 N–H and O–H groups in total. The largest absolute Gasteiger partial charge is 0.475 e. The lowest BCUT2D eigenvalue weighted by Crippen LogP contribution is -2.17. The highest BCUT2D eigenvalue weighted by Crippen LogP contribution is 2.15. The molecule has 5 heteroatoms. The van der Waals surface area contributed by atoms with E-state index in [9.17, 15) is 9.59 Å². The van der Waals surface area contributed by atoms with Gasteiger partial charge in [-0.25, -0.2) is 4.79 Å². The Balaban J connectivity index is 2.91. The van der Waals surface area contributed by atoms with Gasteiger partial charge in [-0.3, -0.25) is 4.79 Å². The monoisotopic (exact) mass is 183 g/mol. The summed E-state index contributed by atoms with van der Waals surface area (Å²) in [5.41, 5.74) is 5.42. The van der Waals surface area contributed by atoms with Crippen molar-refractivity contribution in [2.45, 2.75) is 13.0 Å². The molecule has 0 saturated carbocycles. The van der Waals surface area contributed by atoms with Crippen LogP contribution in [-0.2, 0) is 4.79 Å². The van der Waals surface area contributed by atoms with Crippen molar-refractivity contribution in [2.24, 2.45) is 5.73 Å². The number of carbonyl (C=O) groups is 2. The number of carbonyl (C=O) groups excluding carboxylic acids is 1.